The molecule has 0 radical (unpaired) electrons. The number of amides is 3. The average Bonchev–Trinajstić information content (AvgIpc) is 2.78. The van der Waals surface area contributed by atoms with Gasteiger partial charge in [0.1, 0.15) is 17.7 Å². The number of nitrogens with zero attached hydrogens (tertiary/aromatic N) is 1. The summed E-state index contributed by atoms with van der Waals surface area (Å²) in [5.74, 6) is -0.784. The number of benzene rings is 2. The van der Waals surface area contributed by atoms with E-state index in [4.69, 9.17) is 16.3 Å². The highest BCUT2D eigenvalue weighted by Gasteiger charge is 2.38. The molecule has 3 atom stereocenters. The van der Waals surface area contributed by atoms with E-state index >= 15 is 0 Å². The zero-order valence-corrected chi connectivity index (χ0v) is 23.2. The topological polar surface area (TPSA) is 87.7 Å². The number of nitrogens with one attached hydrogen (secondary N) is 2. The van der Waals surface area contributed by atoms with Crippen LogP contribution in [0.4, 0.5) is 10.5 Å². The molecule has 8 heteroatoms. The molecule has 0 fully saturated rings. The molecule has 0 aliphatic heterocycles. The van der Waals surface area contributed by atoms with Crippen LogP contribution in [-0.4, -0.2) is 40.5 Å². The molecule has 7 nitrogen and oxygen atoms in total. The molecule has 0 spiro atoms. The Morgan fingerprint density at radius 2 is 1.61 bits per heavy atom. The van der Waals surface area contributed by atoms with Crippen LogP contribution in [0.25, 0.3) is 0 Å². The lowest BCUT2D eigenvalue weighted by Crippen LogP contribution is -2.54. The van der Waals surface area contributed by atoms with Crippen molar-refractivity contribution in [2.45, 2.75) is 85.5 Å². The predicted molar refractivity (Wildman–Crippen MR) is 144 cm³/mol. The second kappa shape index (κ2) is 12.3. The molecule has 3 amide bonds. The molecule has 0 aliphatic carbocycles. The number of aryl methyl sites for hydroxylation is 2. The van der Waals surface area contributed by atoms with Crippen LogP contribution in [0.15, 0.2) is 42.5 Å². The number of ether oxygens (including phenoxy) is 1. The van der Waals surface area contributed by atoms with Gasteiger partial charge in [-0.1, -0.05) is 54.9 Å². The van der Waals surface area contributed by atoms with Gasteiger partial charge in [-0.15, -0.1) is 0 Å². The lowest BCUT2D eigenvalue weighted by atomic mass is 9.96. The van der Waals surface area contributed by atoms with Crippen LogP contribution in [0, 0.1) is 13.8 Å². The van der Waals surface area contributed by atoms with Gasteiger partial charge in [-0.25, -0.2) is 4.79 Å². The highest BCUT2D eigenvalue weighted by Crippen LogP contribution is 2.32. The quantitative estimate of drug-likeness (QED) is 0.439. The van der Waals surface area contributed by atoms with E-state index < -0.39 is 35.6 Å². The second-order valence-corrected chi connectivity index (χ2v) is 10.5. The fourth-order valence-corrected chi connectivity index (χ4v) is 4.13. The van der Waals surface area contributed by atoms with Gasteiger partial charge in [0.15, 0.2) is 0 Å². The van der Waals surface area contributed by atoms with E-state index in [1.807, 2.05) is 64.1 Å². The number of para-hydroxylation sites is 1. The Hall–Kier alpha value is -3.06. The third-order valence-electron chi connectivity index (χ3n) is 5.90. The van der Waals surface area contributed by atoms with Gasteiger partial charge in [0.25, 0.3) is 5.91 Å². The number of hydrogen-bond donors (Lipinski definition) is 2. The first-order valence-corrected chi connectivity index (χ1v) is 12.6. The summed E-state index contributed by atoms with van der Waals surface area (Å²) in [5.41, 5.74) is 2.15. The number of carbonyl (C=O) groups excluding carboxylic acids is 3. The van der Waals surface area contributed by atoms with Gasteiger partial charge < -0.3 is 20.3 Å². The summed E-state index contributed by atoms with van der Waals surface area (Å²) in [6.45, 7) is 14.4. The van der Waals surface area contributed by atoms with Crippen LogP contribution < -0.4 is 10.6 Å². The Morgan fingerprint density at radius 1 is 1.00 bits per heavy atom. The molecule has 2 aromatic rings. The number of halogens is 1. The third-order valence-corrected chi connectivity index (χ3v) is 6.22. The van der Waals surface area contributed by atoms with Crippen LogP contribution in [0.5, 0.6) is 0 Å². The van der Waals surface area contributed by atoms with Gasteiger partial charge in [0, 0.05) is 6.04 Å². The first-order valence-electron chi connectivity index (χ1n) is 12.2. The summed E-state index contributed by atoms with van der Waals surface area (Å²) in [7, 11) is 0. The molecule has 2 rings (SSSR count). The minimum atomic E-state index is -0.952. The average molecular weight is 516 g/mol. The molecule has 2 aromatic carbocycles. The molecule has 0 heterocycles. The highest BCUT2D eigenvalue weighted by molar-refractivity contribution is 6.34. The van der Waals surface area contributed by atoms with Crippen LogP contribution in [-0.2, 0) is 14.3 Å². The number of anilines is 1. The molecule has 0 saturated heterocycles. The van der Waals surface area contributed by atoms with Crippen molar-refractivity contribution in [3.05, 3.63) is 64.2 Å². The van der Waals surface area contributed by atoms with Gasteiger partial charge >= 0.3 is 6.09 Å². The van der Waals surface area contributed by atoms with Crippen molar-refractivity contribution < 1.29 is 19.1 Å². The second-order valence-electron chi connectivity index (χ2n) is 10.1. The Kier molecular flexibility index (Phi) is 9.93. The number of rotatable bonds is 8. The van der Waals surface area contributed by atoms with Crippen LogP contribution in [0.2, 0.25) is 5.02 Å². The van der Waals surface area contributed by atoms with E-state index in [0.29, 0.717) is 22.7 Å². The zero-order valence-electron chi connectivity index (χ0n) is 22.4. The maximum absolute atomic E-state index is 13.9. The summed E-state index contributed by atoms with van der Waals surface area (Å²) in [5, 5.41) is 5.98. The molecule has 0 aromatic heterocycles. The summed E-state index contributed by atoms with van der Waals surface area (Å²) in [6, 6.07) is 10.7. The Bertz CT molecular complexity index is 1080. The maximum Gasteiger partial charge on any atom is 0.408 e. The zero-order chi connectivity index (χ0) is 27.2. The van der Waals surface area contributed by atoms with E-state index in [0.717, 1.165) is 11.1 Å². The van der Waals surface area contributed by atoms with Gasteiger partial charge in [-0.3, -0.25) is 9.59 Å². The van der Waals surface area contributed by atoms with Crippen molar-refractivity contribution in [2.24, 2.45) is 0 Å². The van der Waals surface area contributed by atoms with Crippen molar-refractivity contribution in [3.63, 3.8) is 0 Å². The molecule has 2 N–H and O–H groups in total. The molecule has 196 valence electrons. The maximum atomic E-state index is 13.9. The lowest BCUT2D eigenvalue weighted by Gasteiger charge is -2.38. The Balaban J connectivity index is 2.52. The molecule has 36 heavy (non-hydrogen) atoms. The smallest absolute Gasteiger partial charge is 0.408 e. The minimum Gasteiger partial charge on any atom is -0.444 e. The van der Waals surface area contributed by atoms with E-state index in [-0.39, 0.29) is 6.04 Å². The van der Waals surface area contributed by atoms with Gasteiger partial charge in [-0.05, 0) is 77.6 Å². The van der Waals surface area contributed by atoms with E-state index in [2.05, 4.69) is 10.6 Å². The molecule has 0 aliphatic rings. The SMILES string of the molecule is CCC(C)N(C(=O)C(C)NC(=O)OC(C)(C)C)C(C(=O)Nc1c(C)cccc1Cl)c1ccccc1C. The number of hydrogen-bond acceptors (Lipinski definition) is 4. The molecule has 0 bridgehead atoms. The monoisotopic (exact) mass is 515 g/mol. The highest BCUT2D eigenvalue weighted by atomic mass is 35.5. The molecule has 3 unspecified atom stereocenters. The normalized spacial score (nSPS) is 13.8. The Morgan fingerprint density at radius 3 is 2.17 bits per heavy atom. The van der Waals surface area contributed by atoms with Gasteiger partial charge in [0.05, 0.1) is 10.7 Å². The first kappa shape index (κ1) is 29.2. The molecular weight excluding hydrogens is 478 g/mol. The third kappa shape index (κ3) is 7.47. The fraction of sp³-hybridized carbons (Fsp3) is 0.464. The summed E-state index contributed by atoms with van der Waals surface area (Å²) in [4.78, 5) is 41.6. The van der Waals surface area contributed by atoms with Crippen molar-refractivity contribution in [2.75, 3.05) is 5.32 Å². The number of carbonyl (C=O) groups is 3. The van der Waals surface area contributed by atoms with Crippen LogP contribution in [0.1, 0.15) is 70.7 Å². The summed E-state index contributed by atoms with van der Waals surface area (Å²) >= 11 is 6.39. The van der Waals surface area contributed by atoms with E-state index in [1.54, 1.807) is 38.7 Å². The van der Waals surface area contributed by atoms with Gasteiger partial charge in [-0.2, -0.15) is 0 Å². The first-order chi connectivity index (χ1) is 16.8. The minimum absolute atomic E-state index is 0.303. The standard InChI is InChI=1S/C28H38ClN3O4/c1-9-19(4)32(26(34)20(5)30-27(35)36-28(6,7)8)24(21-15-11-10-13-17(21)2)25(33)31-23-18(3)14-12-16-22(23)29/h10-16,19-20,24H,9H2,1-8H3,(H,30,35)(H,31,33). The molecular formula is C28H38ClN3O4. The van der Waals surface area contributed by atoms with E-state index in [1.165, 1.54) is 0 Å². The Labute approximate surface area is 219 Å². The molecule has 0 saturated carbocycles. The van der Waals surface area contributed by atoms with Crippen LogP contribution in [0.3, 0.4) is 0 Å². The van der Waals surface area contributed by atoms with Crippen molar-refractivity contribution in [3.8, 4) is 0 Å². The van der Waals surface area contributed by atoms with Crippen molar-refractivity contribution in [1.29, 1.82) is 0 Å². The summed E-state index contributed by atoms with van der Waals surface area (Å²) in [6.07, 6.45) is -0.0953. The van der Waals surface area contributed by atoms with Crippen molar-refractivity contribution in [1.82, 2.24) is 10.2 Å². The van der Waals surface area contributed by atoms with Crippen LogP contribution >= 0.6 is 11.6 Å². The lowest BCUT2D eigenvalue weighted by molar-refractivity contribution is -0.143. The fourth-order valence-electron chi connectivity index (χ4n) is 3.86. The van der Waals surface area contributed by atoms with Crippen molar-refractivity contribution >= 4 is 35.2 Å². The summed E-state index contributed by atoms with van der Waals surface area (Å²) < 4.78 is 5.33. The largest absolute Gasteiger partial charge is 0.444 e. The van der Waals surface area contributed by atoms with Gasteiger partial charge in [0.2, 0.25) is 5.91 Å². The predicted octanol–water partition coefficient (Wildman–Crippen LogP) is 6.18. The van der Waals surface area contributed by atoms with E-state index in [9.17, 15) is 14.4 Å². The number of alkyl carbamates (subject to hydrolysis) is 1.